The largest absolute Gasteiger partial charge is 0.480 e. The molecule has 0 saturated carbocycles. The first kappa shape index (κ1) is 9.92. The maximum atomic E-state index is 9.86. The van der Waals surface area contributed by atoms with Gasteiger partial charge in [0.15, 0.2) is 0 Å². The molecule has 0 radical (unpaired) electrons. The predicted molar refractivity (Wildman–Crippen MR) is 48.4 cm³/mol. The SMILES string of the molecule is CCC(C)(O)c1cncc(OC)n1. The van der Waals surface area contributed by atoms with Crippen molar-refractivity contribution in [2.24, 2.45) is 0 Å². The highest BCUT2D eigenvalue weighted by atomic mass is 16.5. The summed E-state index contributed by atoms with van der Waals surface area (Å²) in [5.41, 5.74) is -0.393. The lowest BCUT2D eigenvalue weighted by atomic mass is 10.00. The number of hydrogen-bond acceptors (Lipinski definition) is 4. The van der Waals surface area contributed by atoms with Crippen LogP contribution in [0.2, 0.25) is 0 Å². The van der Waals surface area contributed by atoms with Gasteiger partial charge in [0, 0.05) is 0 Å². The molecule has 0 fully saturated rings. The molecule has 0 amide bonds. The van der Waals surface area contributed by atoms with E-state index in [4.69, 9.17) is 4.74 Å². The zero-order valence-corrected chi connectivity index (χ0v) is 8.11. The van der Waals surface area contributed by atoms with Crippen LogP contribution in [0.1, 0.15) is 26.0 Å². The molecule has 4 heteroatoms. The van der Waals surface area contributed by atoms with Gasteiger partial charge in [-0.3, -0.25) is 4.98 Å². The van der Waals surface area contributed by atoms with Crippen molar-refractivity contribution in [1.29, 1.82) is 0 Å². The molecule has 0 aliphatic heterocycles. The number of nitrogens with zero attached hydrogens (tertiary/aromatic N) is 2. The normalized spacial score (nSPS) is 15.1. The number of aromatic nitrogens is 2. The number of ether oxygens (including phenoxy) is 1. The monoisotopic (exact) mass is 182 g/mol. The van der Waals surface area contributed by atoms with Crippen LogP contribution in [0.15, 0.2) is 12.4 Å². The predicted octanol–water partition coefficient (Wildman–Crippen LogP) is 1.10. The Morgan fingerprint density at radius 1 is 1.54 bits per heavy atom. The molecule has 0 aromatic carbocycles. The van der Waals surface area contributed by atoms with Crippen LogP contribution in [0.3, 0.4) is 0 Å². The van der Waals surface area contributed by atoms with Gasteiger partial charge in [0.2, 0.25) is 5.88 Å². The van der Waals surface area contributed by atoms with E-state index in [1.54, 1.807) is 13.1 Å². The standard InChI is InChI=1S/C9H14N2O2/c1-4-9(2,12)7-5-10-6-8(11-7)13-3/h5-6,12H,4H2,1-3H3. The summed E-state index contributed by atoms with van der Waals surface area (Å²) in [5.74, 6) is 0.422. The van der Waals surface area contributed by atoms with E-state index in [1.807, 2.05) is 6.92 Å². The number of hydrogen-bond donors (Lipinski definition) is 1. The molecule has 0 bridgehead atoms. The van der Waals surface area contributed by atoms with E-state index in [-0.39, 0.29) is 0 Å². The minimum absolute atomic E-state index is 0.422. The van der Waals surface area contributed by atoms with Crippen LogP contribution in [0, 0.1) is 0 Å². The highest BCUT2D eigenvalue weighted by Gasteiger charge is 2.22. The molecule has 1 N–H and O–H groups in total. The molecule has 4 nitrogen and oxygen atoms in total. The molecular formula is C9H14N2O2. The molecule has 1 rings (SSSR count). The Kier molecular flexibility index (Phi) is 2.83. The Labute approximate surface area is 77.6 Å². The van der Waals surface area contributed by atoms with Gasteiger partial charge in [-0.1, -0.05) is 6.92 Å². The van der Waals surface area contributed by atoms with Gasteiger partial charge in [-0.2, -0.15) is 0 Å². The van der Waals surface area contributed by atoms with Crippen LogP contribution in [-0.4, -0.2) is 22.2 Å². The van der Waals surface area contributed by atoms with E-state index >= 15 is 0 Å². The average Bonchev–Trinajstić information content (AvgIpc) is 2.18. The minimum atomic E-state index is -0.929. The highest BCUT2D eigenvalue weighted by molar-refractivity contribution is 5.13. The summed E-state index contributed by atoms with van der Waals surface area (Å²) in [5, 5.41) is 9.86. The van der Waals surface area contributed by atoms with Crippen LogP contribution in [0.25, 0.3) is 0 Å². The minimum Gasteiger partial charge on any atom is -0.480 e. The Morgan fingerprint density at radius 3 is 2.77 bits per heavy atom. The highest BCUT2D eigenvalue weighted by Crippen LogP contribution is 2.22. The molecule has 1 atom stereocenters. The van der Waals surface area contributed by atoms with Crippen molar-refractivity contribution in [3.8, 4) is 5.88 Å². The van der Waals surface area contributed by atoms with Crippen molar-refractivity contribution in [3.63, 3.8) is 0 Å². The summed E-state index contributed by atoms with van der Waals surface area (Å²) in [6.07, 6.45) is 3.65. The van der Waals surface area contributed by atoms with Crippen molar-refractivity contribution < 1.29 is 9.84 Å². The molecule has 1 aromatic heterocycles. The average molecular weight is 182 g/mol. The van der Waals surface area contributed by atoms with Crippen LogP contribution >= 0.6 is 0 Å². The molecule has 13 heavy (non-hydrogen) atoms. The summed E-state index contributed by atoms with van der Waals surface area (Å²) >= 11 is 0. The molecule has 0 saturated heterocycles. The number of rotatable bonds is 3. The van der Waals surface area contributed by atoms with Crippen molar-refractivity contribution in [1.82, 2.24) is 9.97 Å². The fourth-order valence-corrected chi connectivity index (χ4v) is 0.887. The first-order valence-electron chi connectivity index (χ1n) is 4.19. The second kappa shape index (κ2) is 3.70. The maximum Gasteiger partial charge on any atom is 0.232 e. The van der Waals surface area contributed by atoms with Crippen molar-refractivity contribution in [3.05, 3.63) is 18.1 Å². The molecule has 1 aromatic rings. The molecule has 0 aliphatic carbocycles. The summed E-state index contributed by atoms with van der Waals surface area (Å²) < 4.78 is 4.91. The van der Waals surface area contributed by atoms with Crippen LogP contribution < -0.4 is 4.74 Å². The quantitative estimate of drug-likeness (QED) is 0.760. The summed E-state index contributed by atoms with van der Waals surface area (Å²) in [7, 11) is 1.52. The van der Waals surface area contributed by atoms with Gasteiger partial charge >= 0.3 is 0 Å². The zero-order valence-electron chi connectivity index (χ0n) is 8.11. The third-order valence-electron chi connectivity index (χ3n) is 2.06. The fourth-order valence-electron chi connectivity index (χ4n) is 0.887. The van der Waals surface area contributed by atoms with Gasteiger partial charge in [0.1, 0.15) is 5.60 Å². The van der Waals surface area contributed by atoms with Gasteiger partial charge in [0.05, 0.1) is 25.2 Å². The Balaban J connectivity index is 3.01. The molecular weight excluding hydrogens is 168 g/mol. The lowest BCUT2D eigenvalue weighted by Crippen LogP contribution is -2.21. The Bertz CT molecular complexity index is 287. The van der Waals surface area contributed by atoms with Crippen LogP contribution in [-0.2, 0) is 5.60 Å². The Morgan fingerprint density at radius 2 is 2.23 bits per heavy atom. The molecule has 72 valence electrons. The van der Waals surface area contributed by atoms with E-state index in [9.17, 15) is 5.11 Å². The molecule has 0 spiro atoms. The van der Waals surface area contributed by atoms with Gasteiger partial charge in [-0.15, -0.1) is 0 Å². The van der Waals surface area contributed by atoms with Crippen molar-refractivity contribution >= 4 is 0 Å². The van der Waals surface area contributed by atoms with E-state index in [0.29, 0.717) is 18.0 Å². The maximum absolute atomic E-state index is 9.86. The van der Waals surface area contributed by atoms with Gasteiger partial charge < -0.3 is 9.84 Å². The lowest BCUT2D eigenvalue weighted by Gasteiger charge is -2.19. The summed E-state index contributed by atoms with van der Waals surface area (Å²) in [4.78, 5) is 8.02. The van der Waals surface area contributed by atoms with Crippen LogP contribution in [0.4, 0.5) is 0 Å². The summed E-state index contributed by atoms with van der Waals surface area (Å²) in [6.45, 7) is 3.59. The second-order valence-electron chi connectivity index (χ2n) is 3.07. The topological polar surface area (TPSA) is 55.2 Å². The van der Waals surface area contributed by atoms with E-state index < -0.39 is 5.60 Å². The van der Waals surface area contributed by atoms with Crippen molar-refractivity contribution in [2.45, 2.75) is 25.9 Å². The summed E-state index contributed by atoms with van der Waals surface area (Å²) in [6, 6.07) is 0. The first-order valence-corrected chi connectivity index (χ1v) is 4.19. The Hall–Kier alpha value is -1.16. The van der Waals surface area contributed by atoms with E-state index in [0.717, 1.165) is 0 Å². The number of aliphatic hydroxyl groups is 1. The fraction of sp³-hybridized carbons (Fsp3) is 0.556. The first-order chi connectivity index (χ1) is 6.10. The second-order valence-corrected chi connectivity index (χ2v) is 3.07. The molecule has 1 unspecified atom stereocenters. The zero-order chi connectivity index (χ0) is 9.90. The third kappa shape index (κ3) is 2.15. The van der Waals surface area contributed by atoms with Gasteiger partial charge in [0.25, 0.3) is 0 Å². The smallest absolute Gasteiger partial charge is 0.232 e. The van der Waals surface area contributed by atoms with Gasteiger partial charge in [-0.25, -0.2) is 4.98 Å². The molecule has 1 heterocycles. The van der Waals surface area contributed by atoms with Crippen molar-refractivity contribution in [2.75, 3.05) is 7.11 Å². The third-order valence-corrected chi connectivity index (χ3v) is 2.06. The molecule has 0 aliphatic rings. The van der Waals surface area contributed by atoms with E-state index in [1.165, 1.54) is 13.3 Å². The number of methoxy groups -OCH3 is 1. The lowest BCUT2D eigenvalue weighted by molar-refractivity contribution is 0.0475. The van der Waals surface area contributed by atoms with E-state index in [2.05, 4.69) is 9.97 Å². The van der Waals surface area contributed by atoms with Gasteiger partial charge in [-0.05, 0) is 13.3 Å². The van der Waals surface area contributed by atoms with Crippen LogP contribution in [0.5, 0.6) is 5.88 Å².